The molecule has 0 radical (unpaired) electrons. The second-order valence-corrected chi connectivity index (χ2v) is 7.72. The van der Waals surface area contributed by atoms with Gasteiger partial charge in [-0.1, -0.05) is 60.2 Å². The van der Waals surface area contributed by atoms with Crippen molar-refractivity contribution in [1.82, 2.24) is 0 Å². The lowest BCUT2D eigenvalue weighted by atomic mass is 9.73. The summed E-state index contributed by atoms with van der Waals surface area (Å²) in [5.41, 5.74) is 9.94. The van der Waals surface area contributed by atoms with Gasteiger partial charge in [-0.15, -0.1) is 0 Å². The van der Waals surface area contributed by atoms with Crippen LogP contribution < -0.4 is 5.73 Å². The Morgan fingerprint density at radius 1 is 1.07 bits per heavy atom. The number of benzene rings is 2. The quantitative estimate of drug-likeness (QED) is 0.773. The highest BCUT2D eigenvalue weighted by molar-refractivity contribution is 6.03. The number of esters is 1. The predicted octanol–water partition coefficient (Wildman–Crippen LogP) is 4.24. The average molecular weight is 403 g/mol. The highest BCUT2D eigenvalue weighted by Crippen LogP contribution is 2.47. The summed E-state index contributed by atoms with van der Waals surface area (Å²) in [6.45, 7) is 3.94. The highest BCUT2D eigenvalue weighted by atomic mass is 16.5. The lowest BCUT2D eigenvalue weighted by Crippen LogP contribution is -2.33. The van der Waals surface area contributed by atoms with E-state index in [-0.39, 0.29) is 29.8 Å². The molecular weight excluding hydrogens is 378 g/mol. The molecule has 2 aromatic carbocycles. The largest absolute Gasteiger partial charge is 0.462 e. The van der Waals surface area contributed by atoms with Crippen molar-refractivity contribution in [2.75, 3.05) is 6.61 Å². The van der Waals surface area contributed by atoms with Crippen molar-refractivity contribution in [3.63, 3.8) is 0 Å². The molecule has 0 saturated carbocycles. The van der Waals surface area contributed by atoms with Crippen LogP contribution >= 0.6 is 0 Å². The van der Waals surface area contributed by atoms with Crippen molar-refractivity contribution in [3.8, 4) is 0 Å². The van der Waals surface area contributed by atoms with Crippen molar-refractivity contribution in [2.45, 2.75) is 38.5 Å². The van der Waals surface area contributed by atoms with Crippen molar-refractivity contribution in [3.05, 3.63) is 94.1 Å². The van der Waals surface area contributed by atoms with E-state index in [9.17, 15) is 9.59 Å². The van der Waals surface area contributed by atoms with Gasteiger partial charge in [-0.2, -0.15) is 0 Å². The fraction of sp³-hybridized carbons (Fsp3) is 0.280. The Kier molecular flexibility index (Phi) is 5.44. The maximum absolute atomic E-state index is 13.3. The number of ether oxygens (including phenoxy) is 2. The third kappa shape index (κ3) is 3.63. The SMILES string of the molecule is CCOC(=O)C1=C(N)OC2=C(C(=O)CC(c3ccccc3)C2)C1c1ccc(C)cc1. The zero-order valence-electron chi connectivity index (χ0n) is 17.2. The van der Waals surface area contributed by atoms with E-state index >= 15 is 0 Å². The second kappa shape index (κ2) is 8.19. The standard InChI is InChI=1S/C25H25NO4/c1-3-29-25(28)23-21(17-11-9-15(2)10-12-17)22-19(27)13-18(14-20(22)30-24(23)26)16-7-5-4-6-8-16/h4-12,18,21H,3,13-14,26H2,1-2H3. The van der Waals surface area contributed by atoms with E-state index in [0.29, 0.717) is 24.2 Å². The monoisotopic (exact) mass is 403 g/mol. The van der Waals surface area contributed by atoms with E-state index in [2.05, 4.69) is 0 Å². The van der Waals surface area contributed by atoms with Gasteiger partial charge in [0.15, 0.2) is 5.78 Å². The van der Waals surface area contributed by atoms with Crippen molar-refractivity contribution in [1.29, 1.82) is 0 Å². The molecule has 1 aliphatic carbocycles. The van der Waals surface area contributed by atoms with Gasteiger partial charge in [0.05, 0.1) is 12.5 Å². The molecule has 1 heterocycles. The van der Waals surface area contributed by atoms with Crippen LogP contribution in [-0.4, -0.2) is 18.4 Å². The van der Waals surface area contributed by atoms with Gasteiger partial charge in [0.25, 0.3) is 0 Å². The molecule has 0 fully saturated rings. The Hall–Kier alpha value is -3.34. The molecule has 0 bridgehead atoms. The van der Waals surface area contributed by atoms with Crippen molar-refractivity contribution < 1.29 is 19.1 Å². The van der Waals surface area contributed by atoms with Gasteiger partial charge in [-0.05, 0) is 30.9 Å². The van der Waals surface area contributed by atoms with Gasteiger partial charge in [-0.3, -0.25) is 4.79 Å². The van der Waals surface area contributed by atoms with E-state index in [4.69, 9.17) is 15.2 Å². The first kappa shape index (κ1) is 20.0. The topological polar surface area (TPSA) is 78.6 Å². The Balaban J connectivity index is 1.80. The molecule has 2 N–H and O–H groups in total. The Bertz CT molecular complexity index is 1030. The van der Waals surface area contributed by atoms with Crippen LogP contribution in [0.1, 0.15) is 48.3 Å². The molecule has 5 nitrogen and oxygen atoms in total. The number of ketones is 1. The molecule has 0 spiro atoms. The predicted molar refractivity (Wildman–Crippen MR) is 113 cm³/mol. The third-order valence-electron chi connectivity index (χ3n) is 5.72. The van der Waals surface area contributed by atoms with Gasteiger partial charge in [0.2, 0.25) is 5.88 Å². The number of rotatable bonds is 4. The molecule has 2 unspecified atom stereocenters. The molecule has 154 valence electrons. The second-order valence-electron chi connectivity index (χ2n) is 7.72. The third-order valence-corrected chi connectivity index (χ3v) is 5.72. The minimum absolute atomic E-state index is 0.0132. The first-order valence-corrected chi connectivity index (χ1v) is 10.2. The fourth-order valence-electron chi connectivity index (χ4n) is 4.27. The van der Waals surface area contributed by atoms with Crippen LogP contribution in [0, 0.1) is 6.92 Å². The lowest BCUT2D eigenvalue weighted by molar-refractivity contribution is -0.139. The number of aryl methyl sites for hydroxylation is 1. The summed E-state index contributed by atoms with van der Waals surface area (Å²) in [5.74, 6) is -0.573. The van der Waals surface area contributed by atoms with E-state index in [1.54, 1.807) is 6.92 Å². The zero-order chi connectivity index (χ0) is 21.3. The zero-order valence-corrected chi connectivity index (χ0v) is 17.2. The molecule has 5 heteroatoms. The summed E-state index contributed by atoms with van der Waals surface area (Å²) in [6, 6.07) is 17.7. The van der Waals surface area contributed by atoms with Crippen molar-refractivity contribution >= 4 is 11.8 Å². The first-order valence-electron chi connectivity index (χ1n) is 10.2. The van der Waals surface area contributed by atoms with Crippen LogP contribution in [0.2, 0.25) is 0 Å². The molecule has 0 aromatic heterocycles. The molecule has 2 aliphatic rings. The Morgan fingerprint density at radius 3 is 2.43 bits per heavy atom. The maximum atomic E-state index is 13.3. The van der Waals surface area contributed by atoms with E-state index < -0.39 is 11.9 Å². The number of nitrogens with two attached hydrogens (primary N) is 1. The molecule has 4 rings (SSSR count). The molecular formula is C25H25NO4. The summed E-state index contributed by atoms with van der Waals surface area (Å²) >= 11 is 0. The fourth-order valence-corrected chi connectivity index (χ4v) is 4.27. The maximum Gasteiger partial charge on any atom is 0.340 e. The molecule has 30 heavy (non-hydrogen) atoms. The van der Waals surface area contributed by atoms with Crippen LogP contribution in [0.25, 0.3) is 0 Å². The minimum atomic E-state index is -0.586. The lowest BCUT2D eigenvalue weighted by Gasteiger charge is -2.35. The average Bonchev–Trinajstić information content (AvgIpc) is 2.74. The van der Waals surface area contributed by atoms with E-state index in [1.165, 1.54) is 0 Å². The molecule has 0 saturated heterocycles. The summed E-state index contributed by atoms with van der Waals surface area (Å²) in [4.78, 5) is 26.1. The number of Topliss-reactive ketones (excluding diaryl/α,β-unsaturated/α-hetero) is 1. The van der Waals surface area contributed by atoms with Gasteiger partial charge in [0, 0.05) is 18.4 Å². The molecule has 2 atom stereocenters. The van der Waals surface area contributed by atoms with Crippen molar-refractivity contribution in [2.24, 2.45) is 5.73 Å². The normalized spacial score (nSPS) is 21.2. The van der Waals surface area contributed by atoms with Gasteiger partial charge >= 0.3 is 5.97 Å². The van der Waals surface area contributed by atoms with Gasteiger partial charge < -0.3 is 15.2 Å². The van der Waals surface area contributed by atoms with E-state index in [1.807, 2.05) is 61.5 Å². The van der Waals surface area contributed by atoms with Gasteiger partial charge in [-0.25, -0.2) is 4.79 Å². The van der Waals surface area contributed by atoms with Crippen LogP contribution in [0.3, 0.4) is 0 Å². The summed E-state index contributed by atoms with van der Waals surface area (Å²) in [7, 11) is 0. The first-order chi connectivity index (χ1) is 14.5. The summed E-state index contributed by atoms with van der Waals surface area (Å²) < 4.78 is 11.1. The number of carbonyl (C=O) groups excluding carboxylic acids is 2. The highest BCUT2D eigenvalue weighted by Gasteiger charge is 2.43. The Labute approximate surface area is 176 Å². The number of allylic oxidation sites excluding steroid dienone is 2. The van der Waals surface area contributed by atoms with Crippen LogP contribution in [0.4, 0.5) is 0 Å². The Morgan fingerprint density at radius 2 is 1.77 bits per heavy atom. The number of carbonyl (C=O) groups is 2. The molecule has 1 aliphatic heterocycles. The minimum Gasteiger partial charge on any atom is -0.462 e. The summed E-state index contributed by atoms with van der Waals surface area (Å²) in [5, 5.41) is 0. The number of hydrogen-bond acceptors (Lipinski definition) is 5. The van der Waals surface area contributed by atoms with E-state index in [0.717, 1.165) is 16.7 Å². The van der Waals surface area contributed by atoms with Crippen LogP contribution in [-0.2, 0) is 19.1 Å². The number of hydrogen-bond donors (Lipinski definition) is 1. The van der Waals surface area contributed by atoms with Crippen LogP contribution in [0.15, 0.2) is 77.4 Å². The molecule has 2 aromatic rings. The van der Waals surface area contributed by atoms with Gasteiger partial charge in [0.1, 0.15) is 11.3 Å². The summed E-state index contributed by atoms with van der Waals surface area (Å²) in [6.07, 6.45) is 0.925. The smallest absolute Gasteiger partial charge is 0.340 e. The van der Waals surface area contributed by atoms with Crippen LogP contribution in [0.5, 0.6) is 0 Å². The molecule has 0 amide bonds.